The van der Waals surface area contributed by atoms with Gasteiger partial charge in [-0.15, -0.1) is 0 Å². The monoisotopic (exact) mass is 362 g/mol. The van der Waals surface area contributed by atoms with E-state index in [0.29, 0.717) is 18.8 Å². The van der Waals surface area contributed by atoms with Crippen molar-refractivity contribution in [1.82, 2.24) is 5.32 Å². The molecule has 0 aliphatic rings. The van der Waals surface area contributed by atoms with Gasteiger partial charge in [-0.1, -0.05) is 30.3 Å². The number of sulfonamides is 1. The van der Waals surface area contributed by atoms with Gasteiger partial charge in [0.05, 0.1) is 17.2 Å². The van der Waals surface area contributed by atoms with Crippen LogP contribution in [0.2, 0.25) is 0 Å². The third-order valence-electron chi connectivity index (χ3n) is 3.54. The molecule has 6 nitrogen and oxygen atoms in total. The lowest BCUT2D eigenvalue weighted by atomic mass is 10.2. The van der Waals surface area contributed by atoms with E-state index in [1.54, 1.807) is 36.4 Å². The first-order valence-corrected chi connectivity index (χ1v) is 9.29. The molecule has 25 heavy (non-hydrogen) atoms. The van der Waals surface area contributed by atoms with Gasteiger partial charge in [0.2, 0.25) is 5.91 Å². The fraction of sp³-hybridized carbons (Fsp3) is 0.278. The zero-order valence-electron chi connectivity index (χ0n) is 14.3. The first-order chi connectivity index (χ1) is 11.9. The van der Waals surface area contributed by atoms with Gasteiger partial charge in [0.1, 0.15) is 6.54 Å². The van der Waals surface area contributed by atoms with Crippen molar-refractivity contribution in [2.75, 3.05) is 31.1 Å². The van der Waals surface area contributed by atoms with Crippen molar-refractivity contribution in [1.29, 1.82) is 0 Å². The van der Waals surface area contributed by atoms with E-state index < -0.39 is 15.9 Å². The number of carbonyl (C=O) groups excluding carboxylic acids is 1. The van der Waals surface area contributed by atoms with Crippen molar-refractivity contribution < 1.29 is 17.9 Å². The van der Waals surface area contributed by atoms with Gasteiger partial charge in [-0.25, -0.2) is 8.42 Å². The molecule has 0 spiro atoms. The number of ether oxygens (including phenoxy) is 1. The highest BCUT2D eigenvalue weighted by Crippen LogP contribution is 2.24. The third kappa shape index (κ3) is 5.04. The molecule has 1 amide bonds. The number of aryl methyl sites for hydroxylation is 1. The van der Waals surface area contributed by atoms with E-state index in [9.17, 15) is 13.2 Å². The zero-order valence-corrected chi connectivity index (χ0v) is 15.1. The van der Waals surface area contributed by atoms with Crippen LogP contribution in [0.5, 0.6) is 0 Å². The molecule has 0 aliphatic heterocycles. The molecule has 7 heteroatoms. The maximum absolute atomic E-state index is 13.0. The molecule has 0 unspecified atom stereocenters. The Balaban J connectivity index is 2.34. The number of hydrogen-bond acceptors (Lipinski definition) is 4. The Kier molecular flexibility index (Phi) is 6.55. The van der Waals surface area contributed by atoms with Crippen LogP contribution >= 0.6 is 0 Å². The summed E-state index contributed by atoms with van der Waals surface area (Å²) in [6, 6.07) is 15.1. The molecule has 0 fully saturated rings. The van der Waals surface area contributed by atoms with Gasteiger partial charge in [0.15, 0.2) is 0 Å². The summed E-state index contributed by atoms with van der Waals surface area (Å²) in [5.41, 5.74) is 1.36. The molecule has 0 saturated carbocycles. The first-order valence-electron chi connectivity index (χ1n) is 7.85. The van der Waals surface area contributed by atoms with Gasteiger partial charge < -0.3 is 10.1 Å². The minimum atomic E-state index is -3.86. The topological polar surface area (TPSA) is 75.7 Å². The van der Waals surface area contributed by atoms with Gasteiger partial charge >= 0.3 is 0 Å². The molecule has 2 rings (SSSR count). The van der Waals surface area contributed by atoms with Crippen LogP contribution in [0.1, 0.15) is 5.56 Å². The average Bonchev–Trinajstić information content (AvgIpc) is 2.60. The lowest BCUT2D eigenvalue weighted by molar-refractivity contribution is -0.119. The number of nitrogens with one attached hydrogen (secondary N) is 1. The predicted molar refractivity (Wildman–Crippen MR) is 97.0 cm³/mol. The van der Waals surface area contributed by atoms with E-state index in [0.717, 1.165) is 9.87 Å². The highest BCUT2D eigenvalue weighted by atomic mass is 32.2. The number of carbonyl (C=O) groups is 1. The molecular weight excluding hydrogens is 340 g/mol. The van der Waals surface area contributed by atoms with E-state index in [1.807, 2.05) is 13.0 Å². The second-order valence-corrected chi connectivity index (χ2v) is 7.37. The maximum atomic E-state index is 13.0. The third-order valence-corrected chi connectivity index (χ3v) is 5.32. The Labute approximate surface area is 148 Å². The quantitative estimate of drug-likeness (QED) is 0.729. The summed E-state index contributed by atoms with van der Waals surface area (Å²) in [4.78, 5) is 12.3. The van der Waals surface area contributed by atoms with Crippen LogP contribution in [-0.2, 0) is 19.6 Å². The van der Waals surface area contributed by atoms with Gasteiger partial charge in [0.25, 0.3) is 10.0 Å². The molecule has 134 valence electrons. The zero-order chi connectivity index (χ0) is 18.3. The van der Waals surface area contributed by atoms with Crippen LogP contribution < -0.4 is 9.62 Å². The van der Waals surface area contributed by atoms with Crippen molar-refractivity contribution in [3.8, 4) is 0 Å². The Morgan fingerprint density at radius 3 is 2.48 bits per heavy atom. The highest BCUT2D eigenvalue weighted by molar-refractivity contribution is 7.92. The van der Waals surface area contributed by atoms with Gasteiger partial charge in [-0.05, 0) is 36.8 Å². The van der Waals surface area contributed by atoms with Crippen molar-refractivity contribution in [3.05, 3.63) is 60.2 Å². The largest absolute Gasteiger partial charge is 0.383 e. The number of anilines is 1. The minimum Gasteiger partial charge on any atom is -0.383 e. The van der Waals surface area contributed by atoms with E-state index in [-0.39, 0.29) is 11.4 Å². The summed E-state index contributed by atoms with van der Waals surface area (Å²) in [7, 11) is -2.32. The van der Waals surface area contributed by atoms with Crippen LogP contribution in [0.25, 0.3) is 0 Å². The molecule has 1 N–H and O–H groups in total. The van der Waals surface area contributed by atoms with Crippen molar-refractivity contribution in [2.24, 2.45) is 0 Å². The standard InChI is InChI=1S/C18H22N2O4S/c1-15-7-6-8-16(13-15)20(14-18(21)19-11-12-24-2)25(22,23)17-9-4-3-5-10-17/h3-10,13H,11-12,14H2,1-2H3,(H,19,21). The Morgan fingerprint density at radius 2 is 1.84 bits per heavy atom. The fourth-order valence-electron chi connectivity index (χ4n) is 2.30. The molecule has 0 bridgehead atoms. The molecule has 2 aromatic carbocycles. The molecule has 0 saturated heterocycles. The lowest BCUT2D eigenvalue weighted by Gasteiger charge is -2.24. The van der Waals surface area contributed by atoms with E-state index in [4.69, 9.17) is 4.74 Å². The minimum absolute atomic E-state index is 0.140. The molecule has 2 aromatic rings. The first kappa shape index (κ1) is 19.0. The van der Waals surface area contributed by atoms with E-state index >= 15 is 0 Å². The highest BCUT2D eigenvalue weighted by Gasteiger charge is 2.26. The van der Waals surface area contributed by atoms with Crippen LogP contribution in [0.15, 0.2) is 59.5 Å². The smallest absolute Gasteiger partial charge is 0.264 e. The Bertz CT molecular complexity index is 807. The molecule has 0 aromatic heterocycles. The number of methoxy groups -OCH3 is 1. The van der Waals surface area contributed by atoms with Crippen molar-refractivity contribution in [3.63, 3.8) is 0 Å². The fourth-order valence-corrected chi connectivity index (χ4v) is 3.73. The molecule has 0 atom stereocenters. The number of benzene rings is 2. The van der Waals surface area contributed by atoms with Crippen LogP contribution in [-0.4, -0.2) is 41.1 Å². The SMILES string of the molecule is COCCNC(=O)CN(c1cccc(C)c1)S(=O)(=O)c1ccccc1. The summed E-state index contributed by atoms with van der Waals surface area (Å²) in [5.74, 6) is -0.391. The molecule has 0 heterocycles. The van der Waals surface area contributed by atoms with E-state index in [1.165, 1.54) is 19.2 Å². The summed E-state index contributed by atoms with van der Waals surface area (Å²) in [5, 5.41) is 2.65. The Morgan fingerprint density at radius 1 is 1.12 bits per heavy atom. The summed E-state index contributed by atoms with van der Waals surface area (Å²) < 4.78 is 32.1. The van der Waals surface area contributed by atoms with Gasteiger partial charge in [-0.2, -0.15) is 0 Å². The van der Waals surface area contributed by atoms with E-state index in [2.05, 4.69) is 5.32 Å². The number of hydrogen-bond donors (Lipinski definition) is 1. The maximum Gasteiger partial charge on any atom is 0.264 e. The van der Waals surface area contributed by atoms with Gasteiger partial charge in [0, 0.05) is 13.7 Å². The predicted octanol–water partition coefficient (Wildman–Crippen LogP) is 1.95. The number of rotatable bonds is 8. The lowest BCUT2D eigenvalue weighted by Crippen LogP contribution is -2.41. The van der Waals surface area contributed by atoms with Crippen LogP contribution in [0.4, 0.5) is 5.69 Å². The van der Waals surface area contributed by atoms with Gasteiger partial charge in [-0.3, -0.25) is 9.10 Å². The van der Waals surface area contributed by atoms with Crippen LogP contribution in [0, 0.1) is 6.92 Å². The molecule has 0 radical (unpaired) electrons. The number of nitrogens with zero attached hydrogens (tertiary/aromatic N) is 1. The summed E-state index contributed by atoms with van der Waals surface area (Å²) in [6.45, 7) is 2.25. The van der Waals surface area contributed by atoms with Crippen molar-refractivity contribution >= 4 is 21.6 Å². The second-order valence-electron chi connectivity index (χ2n) is 5.51. The number of amides is 1. The summed E-state index contributed by atoms with van der Waals surface area (Å²) >= 11 is 0. The normalized spacial score (nSPS) is 11.1. The van der Waals surface area contributed by atoms with Crippen molar-refractivity contribution in [2.45, 2.75) is 11.8 Å². The average molecular weight is 362 g/mol. The second kappa shape index (κ2) is 8.64. The Hall–Kier alpha value is -2.38. The summed E-state index contributed by atoms with van der Waals surface area (Å²) in [6.07, 6.45) is 0. The van der Waals surface area contributed by atoms with Crippen LogP contribution in [0.3, 0.4) is 0 Å². The molecule has 0 aliphatic carbocycles. The molecular formula is C18H22N2O4S.